The predicted octanol–water partition coefficient (Wildman–Crippen LogP) is 14.6. The van der Waals surface area contributed by atoms with Gasteiger partial charge in [-0.05, 0) is 159 Å². The highest BCUT2D eigenvalue weighted by Crippen LogP contribution is 2.51. The van der Waals surface area contributed by atoms with Crippen molar-refractivity contribution in [3.63, 3.8) is 0 Å². The van der Waals surface area contributed by atoms with E-state index in [1.54, 1.807) is 0 Å². The van der Waals surface area contributed by atoms with Crippen LogP contribution >= 0.6 is 0 Å². The second-order valence-corrected chi connectivity index (χ2v) is 16.6. The molecule has 5 aromatic rings. The lowest BCUT2D eigenvalue weighted by Crippen LogP contribution is -2.17. The molecule has 0 amide bonds. The number of aryl methyl sites for hydroxylation is 2. The number of fused-ring (bicyclic) bond motifs is 3. The van der Waals surface area contributed by atoms with Crippen LogP contribution in [0.5, 0.6) is 0 Å². The maximum atomic E-state index is 12.5. The summed E-state index contributed by atoms with van der Waals surface area (Å²) in [5.41, 5.74) is 20.2. The van der Waals surface area contributed by atoms with Gasteiger partial charge in [-0.15, -0.1) is 0 Å². The molecule has 0 spiro atoms. The van der Waals surface area contributed by atoms with E-state index in [-0.39, 0.29) is 11.5 Å². The molecule has 0 bridgehead atoms. The number of rotatable bonds is 9. The molecule has 5 aromatic carbocycles. The van der Waals surface area contributed by atoms with Gasteiger partial charge in [0.2, 0.25) is 0 Å². The average Bonchev–Trinajstić information content (AvgIpc) is 3.44. The molecule has 61 heavy (non-hydrogen) atoms. The summed E-state index contributed by atoms with van der Waals surface area (Å²) in [7, 11) is 0. The Balaban J connectivity index is 1.03. The van der Waals surface area contributed by atoms with Crippen molar-refractivity contribution in [2.75, 3.05) is 9.80 Å². The first kappa shape index (κ1) is 39.3. The van der Waals surface area contributed by atoms with E-state index >= 15 is 0 Å². The van der Waals surface area contributed by atoms with Crippen LogP contribution < -0.4 is 9.80 Å². The maximum Gasteiger partial charge on any atom is 0.161 e. The van der Waals surface area contributed by atoms with Crippen LogP contribution in [0.4, 0.5) is 22.7 Å². The van der Waals surface area contributed by atoms with Crippen molar-refractivity contribution in [1.29, 1.82) is 5.26 Å². The Morgan fingerprint density at radius 3 is 1.89 bits per heavy atom. The van der Waals surface area contributed by atoms with Gasteiger partial charge in [0.15, 0.2) is 6.29 Å². The molecule has 1 atom stereocenters. The lowest BCUT2D eigenvalue weighted by molar-refractivity contribution is -0.104. The van der Waals surface area contributed by atoms with Gasteiger partial charge in [0.1, 0.15) is 11.6 Å². The standard InChI is InChI=1S/C57H49N3O/c1-38-6-5-7-47(21-8-38)59(48-22-9-39(2)10-23-48)51-28-15-42(16-29-51)44-19-32-53-54-33-20-45(35-56(54)57(55(53)34-44)46(36-58)37-61)43-17-30-52(31-18-43)60(49-24-11-40(3)12-25-49)50-26-13-41(4)14-27-50/h6-13,15-18,20-26,28-35,37,44H,5,14,19,27H2,1-4H3/b57-46-. The molecule has 0 aliphatic heterocycles. The van der Waals surface area contributed by atoms with Crippen LogP contribution in [-0.2, 0) is 4.79 Å². The van der Waals surface area contributed by atoms with E-state index in [1.807, 2.05) is 0 Å². The minimum Gasteiger partial charge on any atom is -0.314 e. The molecule has 4 aliphatic rings. The van der Waals surface area contributed by atoms with Gasteiger partial charge in [-0.1, -0.05) is 119 Å². The van der Waals surface area contributed by atoms with E-state index in [2.05, 4.69) is 207 Å². The Morgan fingerprint density at radius 2 is 1.26 bits per heavy atom. The van der Waals surface area contributed by atoms with Gasteiger partial charge in [-0.25, -0.2) is 0 Å². The number of aldehydes is 1. The van der Waals surface area contributed by atoms with Crippen LogP contribution in [0.15, 0.2) is 198 Å². The van der Waals surface area contributed by atoms with Crippen molar-refractivity contribution >= 4 is 40.2 Å². The van der Waals surface area contributed by atoms with Gasteiger partial charge < -0.3 is 9.80 Å². The molecule has 0 heterocycles. The van der Waals surface area contributed by atoms with Gasteiger partial charge >= 0.3 is 0 Å². The van der Waals surface area contributed by atoms with E-state index in [9.17, 15) is 10.1 Å². The second-order valence-electron chi connectivity index (χ2n) is 16.6. The Bertz CT molecular complexity index is 2830. The van der Waals surface area contributed by atoms with Crippen LogP contribution in [0.1, 0.15) is 73.3 Å². The third-order valence-corrected chi connectivity index (χ3v) is 12.4. The van der Waals surface area contributed by atoms with Gasteiger partial charge in [0.05, 0.1) is 0 Å². The molecule has 0 N–H and O–H groups in total. The maximum absolute atomic E-state index is 12.5. The zero-order valence-electron chi connectivity index (χ0n) is 35.3. The fourth-order valence-corrected chi connectivity index (χ4v) is 8.95. The molecule has 298 valence electrons. The van der Waals surface area contributed by atoms with Crippen molar-refractivity contribution in [2.24, 2.45) is 0 Å². The Labute approximate surface area is 360 Å². The SMILES string of the molecule is CC1=CCC=C(N(c2ccc(C)cc2)c2ccc(C3C=C4C(=CC3)c3ccc(-c5ccc(N(C6=CC=C(C)CC6)c6ccc(C)cc6)cc5)cc3/C4=C(/C#N)C=O)cc2)C=C1. The predicted molar refractivity (Wildman–Crippen MR) is 254 cm³/mol. The summed E-state index contributed by atoms with van der Waals surface area (Å²) < 4.78 is 0. The number of carbonyl (C=O) groups is 1. The first-order valence-corrected chi connectivity index (χ1v) is 21.3. The van der Waals surface area contributed by atoms with Crippen LogP contribution in [0, 0.1) is 25.2 Å². The van der Waals surface area contributed by atoms with Crippen molar-refractivity contribution in [2.45, 2.75) is 59.3 Å². The lowest BCUT2D eigenvalue weighted by Gasteiger charge is -2.29. The highest BCUT2D eigenvalue weighted by Gasteiger charge is 2.33. The molecular formula is C57H49N3O. The number of nitriles is 1. The van der Waals surface area contributed by atoms with Crippen LogP contribution in [-0.4, -0.2) is 6.29 Å². The minimum absolute atomic E-state index is 0.0857. The summed E-state index contributed by atoms with van der Waals surface area (Å²) >= 11 is 0. The molecule has 0 saturated carbocycles. The zero-order valence-corrected chi connectivity index (χ0v) is 35.3. The van der Waals surface area contributed by atoms with Crippen molar-refractivity contribution in [3.8, 4) is 17.2 Å². The molecule has 0 aromatic heterocycles. The van der Waals surface area contributed by atoms with E-state index in [0.717, 1.165) is 93.1 Å². The first-order chi connectivity index (χ1) is 29.8. The van der Waals surface area contributed by atoms with Gasteiger partial charge in [-0.2, -0.15) is 5.26 Å². The largest absolute Gasteiger partial charge is 0.314 e. The average molecular weight is 792 g/mol. The monoisotopic (exact) mass is 791 g/mol. The van der Waals surface area contributed by atoms with Crippen LogP contribution in [0.2, 0.25) is 0 Å². The minimum atomic E-state index is 0.0857. The Hall–Kier alpha value is -7.22. The topological polar surface area (TPSA) is 47.3 Å². The molecule has 1 unspecified atom stereocenters. The number of carbonyl (C=O) groups excluding carboxylic acids is 1. The van der Waals surface area contributed by atoms with Gasteiger partial charge in [0.25, 0.3) is 0 Å². The Kier molecular flexibility index (Phi) is 10.8. The summed E-state index contributed by atoms with van der Waals surface area (Å²) in [5.74, 6) is 0.0857. The summed E-state index contributed by atoms with van der Waals surface area (Å²) in [4.78, 5) is 17.2. The zero-order chi connectivity index (χ0) is 42.0. The Morgan fingerprint density at radius 1 is 0.639 bits per heavy atom. The summed E-state index contributed by atoms with van der Waals surface area (Å²) in [5, 5.41) is 10.3. The van der Waals surface area contributed by atoms with Gasteiger partial charge in [0, 0.05) is 45.6 Å². The van der Waals surface area contributed by atoms with Crippen LogP contribution in [0.25, 0.3) is 22.3 Å². The second kappa shape index (κ2) is 16.8. The third-order valence-electron chi connectivity index (χ3n) is 12.4. The van der Waals surface area contributed by atoms with E-state index in [0.29, 0.717) is 6.29 Å². The number of hydrogen-bond donors (Lipinski definition) is 0. The smallest absolute Gasteiger partial charge is 0.161 e. The molecular weight excluding hydrogens is 743 g/mol. The third kappa shape index (κ3) is 7.84. The number of benzene rings is 5. The lowest BCUT2D eigenvalue weighted by atomic mass is 9.84. The molecule has 0 saturated heterocycles. The molecule has 4 nitrogen and oxygen atoms in total. The summed E-state index contributed by atoms with van der Waals surface area (Å²) in [6.07, 6.45) is 22.4. The quantitative estimate of drug-likeness (QED) is 0.0847. The van der Waals surface area contributed by atoms with E-state index < -0.39 is 0 Å². The summed E-state index contributed by atoms with van der Waals surface area (Å²) in [6, 6.07) is 43.7. The normalized spacial score (nSPS) is 17.5. The molecule has 9 rings (SSSR count). The summed E-state index contributed by atoms with van der Waals surface area (Å²) in [6.45, 7) is 8.57. The first-order valence-electron chi connectivity index (χ1n) is 21.3. The van der Waals surface area contributed by atoms with Gasteiger partial charge in [-0.3, -0.25) is 4.79 Å². The van der Waals surface area contributed by atoms with Crippen molar-refractivity contribution in [1.82, 2.24) is 0 Å². The molecule has 0 radical (unpaired) electrons. The molecule has 4 aliphatic carbocycles. The van der Waals surface area contributed by atoms with Crippen molar-refractivity contribution < 1.29 is 4.79 Å². The van der Waals surface area contributed by atoms with Crippen LogP contribution in [0.3, 0.4) is 0 Å². The highest BCUT2D eigenvalue weighted by molar-refractivity contribution is 6.14. The fraction of sp³-hybridized carbons (Fsp3) is 0.158. The van der Waals surface area contributed by atoms with Crippen molar-refractivity contribution in [3.05, 3.63) is 225 Å². The molecule has 0 fully saturated rings. The fourth-order valence-electron chi connectivity index (χ4n) is 8.95. The van der Waals surface area contributed by atoms with E-state index in [4.69, 9.17) is 0 Å². The number of anilines is 4. The number of hydrogen-bond acceptors (Lipinski definition) is 4. The highest BCUT2D eigenvalue weighted by atomic mass is 16.1. The number of allylic oxidation sites excluding steroid dienone is 15. The number of nitrogens with zero attached hydrogens (tertiary/aromatic N) is 3. The van der Waals surface area contributed by atoms with E-state index in [1.165, 1.54) is 33.5 Å². The molecule has 4 heteroatoms.